The number of nitrogens with zero attached hydrogens (tertiary/aromatic N) is 3. The highest BCUT2D eigenvalue weighted by Crippen LogP contribution is 2.28. The van der Waals surface area contributed by atoms with Gasteiger partial charge in [-0.3, -0.25) is 9.59 Å². The molecule has 29 heavy (non-hydrogen) atoms. The standard InChI is InChI=1S/C22H24N4O2S/c1-29-18-7-4-6-17(13-18)26-14-16(12-21(26)27)22(28)23-10-5-11-25-15-24-19-8-2-3-9-20(19)25/h2-4,6-9,13,15-16H,5,10-12,14H2,1H3,(H,23,28). The van der Waals surface area contributed by atoms with Gasteiger partial charge in [0.25, 0.3) is 0 Å². The molecule has 1 atom stereocenters. The molecule has 0 saturated carbocycles. The lowest BCUT2D eigenvalue weighted by molar-refractivity contribution is -0.126. The number of rotatable bonds is 7. The van der Waals surface area contributed by atoms with Crippen LogP contribution < -0.4 is 10.2 Å². The minimum absolute atomic E-state index is 0.00767. The van der Waals surface area contributed by atoms with Gasteiger partial charge in [-0.25, -0.2) is 4.98 Å². The minimum Gasteiger partial charge on any atom is -0.356 e. The van der Waals surface area contributed by atoms with Gasteiger partial charge in [-0.05, 0) is 43.0 Å². The van der Waals surface area contributed by atoms with Crippen molar-refractivity contribution in [1.82, 2.24) is 14.9 Å². The summed E-state index contributed by atoms with van der Waals surface area (Å²) in [5.74, 6) is -0.333. The number of carbonyl (C=O) groups is 2. The molecule has 1 aliphatic heterocycles. The molecule has 1 N–H and O–H groups in total. The van der Waals surface area contributed by atoms with Crippen molar-refractivity contribution in [2.75, 3.05) is 24.2 Å². The second-order valence-electron chi connectivity index (χ2n) is 7.18. The maximum atomic E-state index is 12.6. The first-order chi connectivity index (χ1) is 14.2. The Morgan fingerprint density at radius 2 is 2.10 bits per heavy atom. The van der Waals surface area contributed by atoms with E-state index in [1.165, 1.54) is 0 Å². The first kappa shape index (κ1) is 19.5. The van der Waals surface area contributed by atoms with Crippen LogP contribution in [0.4, 0.5) is 5.69 Å². The topological polar surface area (TPSA) is 67.2 Å². The van der Waals surface area contributed by atoms with Crippen molar-refractivity contribution < 1.29 is 9.59 Å². The molecule has 6 nitrogen and oxygen atoms in total. The average molecular weight is 409 g/mol. The van der Waals surface area contributed by atoms with E-state index in [1.54, 1.807) is 16.7 Å². The van der Waals surface area contributed by atoms with Crippen LogP contribution in [0.1, 0.15) is 12.8 Å². The third-order valence-electron chi connectivity index (χ3n) is 5.26. The van der Waals surface area contributed by atoms with Gasteiger partial charge < -0.3 is 14.8 Å². The second kappa shape index (κ2) is 8.69. The summed E-state index contributed by atoms with van der Waals surface area (Å²) in [5.41, 5.74) is 2.94. The Labute approximate surface area is 174 Å². The zero-order valence-electron chi connectivity index (χ0n) is 16.4. The molecular weight excluding hydrogens is 384 g/mol. The molecule has 2 aromatic carbocycles. The van der Waals surface area contributed by atoms with Crippen LogP contribution in [0.2, 0.25) is 0 Å². The molecule has 1 aromatic heterocycles. The van der Waals surface area contributed by atoms with Crippen molar-refractivity contribution in [2.45, 2.75) is 24.3 Å². The molecule has 0 aliphatic carbocycles. The van der Waals surface area contributed by atoms with Gasteiger partial charge >= 0.3 is 0 Å². The van der Waals surface area contributed by atoms with Crippen molar-refractivity contribution in [3.05, 3.63) is 54.9 Å². The number of thioether (sulfide) groups is 1. The van der Waals surface area contributed by atoms with Crippen molar-refractivity contribution in [3.8, 4) is 0 Å². The van der Waals surface area contributed by atoms with E-state index in [1.807, 2.05) is 61.1 Å². The fourth-order valence-electron chi connectivity index (χ4n) is 3.70. The van der Waals surface area contributed by atoms with E-state index in [-0.39, 0.29) is 24.2 Å². The van der Waals surface area contributed by atoms with E-state index in [9.17, 15) is 9.59 Å². The average Bonchev–Trinajstić information content (AvgIpc) is 3.35. The summed E-state index contributed by atoms with van der Waals surface area (Å²) in [6.07, 6.45) is 4.92. The van der Waals surface area contributed by atoms with E-state index >= 15 is 0 Å². The molecule has 0 bridgehead atoms. The van der Waals surface area contributed by atoms with Crippen LogP contribution in [-0.2, 0) is 16.1 Å². The third kappa shape index (κ3) is 4.29. The number of nitrogens with one attached hydrogen (secondary N) is 1. The maximum absolute atomic E-state index is 12.6. The summed E-state index contributed by atoms with van der Waals surface area (Å²) < 4.78 is 2.10. The van der Waals surface area contributed by atoms with Gasteiger partial charge in [0.15, 0.2) is 0 Å². The summed E-state index contributed by atoms with van der Waals surface area (Å²) in [4.78, 5) is 32.2. The zero-order chi connectivity index (χ0) is 20.2. The molecule has 1 saturated heterocycles. The molecule has 1 aliphatic rings. The molecule has 1 unspecified atom stereocenters. The van der Waals surface area contributed by atoms with Crippen molar-refractivity contribution >= 4 is 40.3 Å². The van der Waals surface area contributed by atoms with E-state index in [0.717, 1.165) is 34.6 Å². The summed E-state index contributed by atoms with van der Waals surface area (Å²) in [5, 5.41) is 2.99. The normalized spacial score (nSPS) is 16.5. The third-order valence-corrected chi connectivity index (χ3v) is 5.99. The van der Waals surface area contributed by atoms with Gasteiger partial charge in [-0.2, -0.15) is 0 Å². The van der Waals surface area contributed by atoms with Gasteiger partial charge in [0.1, 0.15) is 0 Å². The summed E-state index contributed by atoms with van der Waals surface area (Å²) in [6, 6.07) is 15.9. The smallest absolute Gasteiger partial charge is 0.227 e. The van der Waals surface area contributed by atoms with Crippen LogP contribution in [0.25, 0.3) is 11.0 Å². The number of imidazole rings is 1. The van der Waals surface area contributed by atoms with Gasteiger partial charge in [0, 0.05) is 36.6 Å². The summed E-state index contributed by atoms with van der Waals surface area (Å²) in [7, 11) is 0. The fourth-order valence-corrected chi connectivity index (χ4v) is 4.16. The van der Waals surface area contributed by atoms with Crippen LogP contribution in [0.3, 0.4) is 0 Å². The van der Waals surface area contributed by atoms with Crippen molar-refractivity contribution in [3.63, 3.8) is 0 Å². The Hall–Kier alpha value is -2.80. The summed E-state index contributed by atoms with van der Waals surface area (Å²) in [6.45, 7) is 1.81. The maximum Gasteiger partial charge on any atom is 0.227 e. The number of anilines is 1. The SMILES string of the molecule is CSc1cccc(N2CC(C(=O)NCCCn3cnc4ccccc43)CC2=O)c1. The highest BCUT2D eigenvalue weighted by Gasteiger charge is 2.35. The van der Waals surface area contributed by atoms with E-state index < -0.39 is 0 Å². The minimum atomic E-state index is -0.297. The predicted octanol–water partition coefficient (Wildman–Crippen LogP) is 3.32. The number of benzene rings is 2. The first-order valence-electron chi connectivity index (χ1n) is 9.77. The number of hydrogen-bond donors (Lipinski definition) is 1. The Bertz CT molecular complexity index is 1030. The van der Waals surface area contributed by atoms with Gasteiger partial charge in [0.05, 0.1) is 23.3 Å². The van der Waals surface area contributed by atoms with Crippen LogP contribution in [-0.4, -0.2) is 40.7 Å². The molecule has 0 radical (unpaired) electrons. The van der Waals surface area contributed by atoms with Gasteiger partial charge in [-0.1, -0.05) is 18.2 Å². The number of carbonyl (C=O) groups excluding carboxylic acids is 2. The molecule has 150 valence electrons. The Balaban J connectivity index is 1.28. The first-order valence-corrected chi connectivity index (χ1v) is 11.0. The highest BCUT2D eigenvalue weighted by atomic mass is 32.2. The highest BCUT2D eigenvalue weighted by molar-refractivity contribution is 7.98. The van der Waals surface area contributed by atoms with Crippen LogP contribution in [0.5, 0.6) is 0 Å². The van der Waals surface area contributed by atoms with Crippen LogP contribution in [0.15, 0.2) is 59.8 Å². The monoisotopic (exact) mass is 408 g/mol. The number of fused-ring (bicyclic) bond motifs is 1. The quantitative estimate of drug-likeness (QED) is 0.481. The molecular formula is C22H24N4O2S. The van der Waals surface area contributed by atoms with Crippen molar-refractivity contribution in [1.29, 1.82) is 0 Å². The number of amides is 2. The Morgan fingerprint density at radius 1 is 1.24 bits per heavy atom. The lowest BCUT2D eigenvalue weighted by Crippen LogP contribution is -2.33. The molecule has 0 spiro atoms. The lowest BCUT2D eigenvalue weighted by Gasteiger charge is -2.17. The zero-order valence-corrected chi connectivity index (χ0v) is 17.2. The predicted molar refractivity (Wildman–Crippen MR) is 116 cm³/mol. The van der Waals surface area contributed by atoms with E-state index in [2.05, 4.69) is 14.9 Å². The Morgan fingerprint density at radius 3 is 2.97 bits per heavy atom. The Kier molecular flexibility index (Phi) is 5.85. The summed E-state index contributed by atoms with van der Waals surface area (Å²) >= 11 is 1.64. The number of para-hydroxylation sites is 2. The number of hydrogen-bond acceptors (Lipinski definition) is 4. The molecule has 7 heteroatoms. The van der Waals surface area contributed by atoms with Gasteiger partial charge in [-0.15, -0.1) is 11.8 Å². The van der Waals surface area contributed by atoms with Gasteiger partial charge in [0.2, 0.25) is 11.8 Å². The molecule has 1 fully saturated rings. The van der Waals surface area contributed by atoms with E-state index in [4.69, 9.17) is 0 Å². The van der Waals surface area contributed by atoms with Crippen LogP contribution in [0, 0.1) is 5.92 Å². The van der Waals surface area contributed by atoms with Crippen LogP contribution >= 0.6 is 11.8 Å². The molecule has 2 amide bonds. The molecule has 2 heterocycles. The number of aromatic nitrogens is 2. The fraction of sp³-hybridized carbons (Fsp3) is 0.318. The molecule has 4 rings (SSSR count). The molecule has 3 aromatic rings. The largest absolute Gasteiger partial charge is 0.356 e. The van der Waals surface area contributed by atoms with E-state index in [0.29, 0.717) is 13.1 Å². The van der Waals surface area contributed by atoms with Crippen molar-refractivity contribution in [2.24, 2.45) is 5.92 Å². The lowest BCUT2D eigenvalue weighted by atomic mass is 10.1. The second-order valence-corrected chi connectivity index (χ2v) is 8.06. The number of aryl methyl sites for hydroxylation is 1.